The monoisotopic (exact) mass is 424 g/mol. The summed E-state index contributed by atoms with van der Waals surface area (Å²) in [6.45, 7) is 20.2. The van der Waals surface area contributed by atoms with Crippen LogP contribution in [0.4, 0.5) is 0 Å². The van der Waals surface area contributed by atoms with Crippen molar-refractivity contribution >= 4 is 5.78 Å². The van der Waals surface area contributed by atoms with E-state index in [0.717, 1.165) is 24.7 Å². The second kappa shape index (κ2) is 6.29. The van der Waals surface area contributed by atoms with E-state index in [0.29, 0.717) is 38.8 Å². The summed E-state index contributed by atoms with van der Waals surface area (Å²) in [5.41, 5.74) is 3.56. The van der Waals surface area contributed by atoms with Gasteiger partial charge in [0.05, 0.1) is 0 Å². The molecule has 0 heterocycles. The van der Waals surface area contributed by atoms with Crippen LogP contribution in [0.25, 0.3) is 0 Å². The second-order valence-corrected chi connectivity index (χ2v) is 15.0. The van der Waals surface area contributed by atoms with Gasteiger partial charge >= 0.3 is 0 Å². The molecule has 0 bridgehead atoms. The Labute approximate surface area is 192 Å². The van der Waals surface area contributed by atoms with E-state index in [2.05, 4.69) is 61.5 Å². The molecule has 7 atom stereocenters. The molecule has 0 radical (unpaired) electrons. The van der Waals surface area contributed by atoms with Crippen LogP contribution in [0.5, 0.6) is 0 Å². The zero-order valence-electron chi connectivity index (χ0n) is 21.8. The smallest absolute Gasteiger partial charge is 0.142 e. The Balaban J connectivity index is 1.57. The van der Waals surface area contributed by atoms with Crippen molar-refractivity contribution in [1.82, 2.24) is 0 Å². The van der Waals surface area contributed by atoms with E-state index in [4.69, 9.17) is 0 Å². The fourth-order valence-corrected chi connectivity index (χ4v) is 10.3. The van der Waals surface area contributed by atoms with Crippen LogP contribution >= 0.6 is 0 Å². The minimum atomic E-state index is -0.239. The van der Waals surface area contributed by atoms with Crippen molar-refractivity contribution in [2.24, 2.45) is 50.2 Å². The lowest BCUT2D eigenvalue weighted by Crippen LogP contribution is -2.65. The van der Waals surface area contributed by atoms with Gasteiger partial charge in [0.25, 0.3) is 0 Å². The quantitative estimate of drug-likeness (QED) is 0.357. The molecule has 0 spiro atoms. The first-order chi connectivity index (χ1) is 14.2. The molecule has 4 saturated carbocycles. The minimum Gasteiger partial charge on any atom is -0.299 e. The van der Waals surface area contributed by atoms with Crippen LogP contribution in [-0.4, -0.2) is 5.78 Å². The maximum Gasteiger partial charge on any atom is 0.142 e. The maximum atomic E-state index is 12.8. The summed E-state index contributed by atoms with van der Waals surface area (Å²) in [5, 5.41) is 0. The van der Waals surface area contributed by atoms with E-state index >= 15 is 0 Å². The molecule has 5 aliphatic rings. The molecular weight excluding hydrogens is 376 g/mol. The molecule has 0 aromatic carbocycles. The molecule has 4 fully saturated rings. The van der Waals surface area contributed by atoms with Gasteiger partial charge in [-0.3, -0.25) is 4.79 Å². The van der Waals surface area contributed by atoms with Gasteiger partial charge in [-0.05, 0) is 116 Å². The first kappa shape index (κ1) is 22.2. The van der Waals surface area contributed by atoms with Crippen LogP contribution in [-0.2, 0) is 4.79 Å². The lowest BCUT2D eigenvalue weighted by Gasteiger charge is -2.73. The predicted octanol–water partition coefficient (Wildman–Crippen LogP) is 8.38. The Kier molecular flexibility index (Phi) is 4.51. The highest BCUT2D eigenvalue weighted by Crippen LogP contribution is 2.76. The first-order valence-electron chi connectivity index (χ1n) is 13.4. The first-order valence-corrected chi connectivity index (χ1v) is 13.4. The van der Waals surface area contributed by atoms with Gasteiger partial charge in [0, 0.05) is 11.8 Å². The molecule has 5 rings (SSSR count). The van der Waals surface area contributed by atoms with Gasteiger partial charge in [0.15, 0.2) is 0 Å². The lowest BCUT2D eigenvalue weighted by atomic mass is 9.31. The number of allylic oxidation sites excluding steroid dienone is 2. The van der Waals surface area contributed by atoms with Crippen LogP contribution in [0.15, 0.2) is 11.6 Å². The van der Waals surface area contributed by atoms with Crippen molar-refractivity contribution < 1.29 is 4.79 Å². The SMILES string of the molecule is CC1(C)CC[C@]2(C)CC[C@]3(C)C4CC=C5C(CCC(=O)C5(C)C)[C@]4(C)CCC3(C)[C@@H]2C1. The Hall–Kier alpha value is -0.590. The largest absolute Gasteiger partial charge is 0.299 e. The molecule has 0 amide bonds. The number of rotatable bonds is 0. The van der Waals surface area contributed by atoms with Crippen LogP contribution < -0.4 is 0 Å². The normalized spacial score (nSPS) is 52.8. The van der Waals surface area contributed by atoms with E-state index in [1.165, 1.54) is 56.9 Å². The van der Waals surface area contributed by atoms with Gasteiger partial charge in [-0.2, -0.15) is 0 Å². The predicted molar refractivity (Wildman–Crippen MR) is 130 cm³/mol. The Morgan fingerprint density at radius 2 is 1.39 bits per heavy atom. The standard InChI is InChI=1S/C30H48O/c1-25(2)13-14-27(5)15-17-29(7)22-11-9-20-21(10-12-24(31)26(20,3)4)28(22,6)16-18-30(29,8)23(27)19-25/h9,21-23H,10-19H2,1-8H3/t21?,22?,23-,27-,28+,29-,30?/m1/s1. The molecule has 3 unspecified atom stereocenters. The maximum absolute atomic E-state index is 12.8. The minimum absolute atomic E-state index is 0.239. The van der Waals surface area contributed by atoms with Crippen molar-refractivity contribution in [2.75, 3.05) is 0 Å². The fourth-order valence-electron chi connectivity index (χ4n) is 10.3. The summed E-state index contributed by atoms with van der Waals surface area (Å²) >= 11 is 0. The molecule has 31 heavy (non-hydrogen) atoms. The van der Waals surface area contributed by atoms with Gasteiger partial charge in [-0.15, -0.1) is 0 Å². The van der Waals surface area contributed by atoms with Crippen molar-refractivity contribution in [2.45, 2.75) is 120 Å². The van der Waals surface area contributed by atoms with Crippen LogP contribution in [0, 0.1) is 50.2 Å². The Bertz CT molecular complexity index is 831. The molecular formula is C30H48O. The second-order valence-electron chi connectivity index (χ2n) is 15.0. The average Bonchev–Trinajstić information content (AvgIpc) is 2.68. The third kappa shape index (κ3) is 2.70. The zero-order valence-corrected chi connectivity index (χ0v) is 21.8. The summed E-state index contributed by atoms with van der Waals surface area (Å²) in [7, 11) is 0. The van der Waals surface area contributed by atoms with Crippen LogP contribution in [0.1, 0.15) is 120 Å². The number of hydrogen-bond acceptors (Lipinski definition) is 1. The van der Waals surface area contributed by atoms with Gasteiger partial charge < -0.3 is 0 Å². The molecule has 0 N–H and O–H groups in total. The molecule has 5 aliphatic carbocycles. The zero-order chi connectivity index (χ0) is 22.7. The molecule has 1 heteroatoms. The number of ketones is 1. The van der Waals surface area contributed by atoms with Crippen LogP contribution in [0.3, 0.4) is 0 Å². The molecule has 1 nitrogen and oxygen atoms in total. The van der Waals surface area contributed by atoms with Crippen molar-refractivity contribution in [3.8, 4) is 0 Å². The number of fused-ring (bicyclic) bond motifs is 7. The van der Waals surface area contributed by atoms with E-state index in [9.17, 15) is 4.79 Å². The average molecular weight is 425 g/mol. The topological polar surface area (TPSA) is 17.1 Å². The Morgan fingerprint density at radius 1 is 0.774 bits per heavy atom. The van der Waals surface area contributed by atoms with Crippen molar-refractivity contribution in [3.05, 3.63) is 11.6 Å². The summed E-state index contributed by atoms with van der Waals surface area (Å²) in [4.78, 5) is 12.8. The highest BCUT2D eigenvalue weighted by atomic mass is 16.1. The van der Waals surface area contributed by atoms with Gasteiger partial charge in [0.2, 0.25) is 0 Å². The fraction of sp³-hybridized carbons (Fsp3) is 0.900. The van der Waals surface area contributed by atoms with Crippen LogP contribution in [0.2, 0.25) is 0 Å². The van der Waals surface area contributed by atoms with Crippen molar-refractivity contribution in [3.63, 3.8) is 0 Å². The molecule has 0 aliphatic heterocycles. The number of carbonyl (C=O) groups excluding carboxylic acids is 1. The van der Waals surface area contributed by atoms with Gasteiger partial charge in [0.1, 0.15) is 5.78 Å². The lowest BCUT2D eigenvalue weighted by molar-refractivity contribution is -0.229. The van der Waals surface area contributed by atoms with Crippen molar-refractivity contribution in [1.29, 1.82) is 0 Å². The van der Waals surface area contributed by atoms with E-state index < -0.39 is 0 Å². The molecule has 0 aromatic heterocycles. The molecule has 174 valence electrons. The number of carbonyl (C=O) groups is 1. The summed E-state index contributed by atoms with van der Waals surface area (Å²) in [5.74, 6) is 2.73. The molecule has 0 aromatic rings. The Morgan fingerprint density at radius 3 is 2.10 bits per heavy atom. The van der Waals surface area contributed by atoms with E-state index in [1.807, 2.05) is 0 Å². The third-order valence-corrected chi connectivity index (χ3v) is 12.8. The summed E-state index contributed by atoms with van der Waals surface area (Å²) in [6.07, 6.45) is 15.5. The highest BCUT2D eigenvalue weighted by molar-refractivity contribution is 5.88. The third-order valence-electron chi connectivity index (χ3n) is 12.8. The van der Waals surface area contributed by atoms with Gasteiger partial charge in [-0.1, -0.05) is 53.2 Å². The number of Topliss-reactive ketones (excluding diaryl/α,β-unsaturated/α-hetero) is 1. The van der Waals surface area contributed by atoms with E-state index in [-0.39, 0.29) is 5.41 Å². The summed E-state index contributed by atoms with van der Waals surface area (Å²) in [6, 6.07) is 0. The molecule has 0 saturated heterocycles. The number of hydrogen-bond donors (Lipinski definition) is 0. The summed E-state index contributed by atoms with van der Waals surface area (Å²) < 4.78 is 0. The van der Waals surface area contributed by atoms with E-state index in [1.54, 1.807) is 0 Å². The highest BCUT2D eigenvalue weighted by Gasteiger charge is 2.69. The van der Waals surface area contributed by atoms with Gasteiger partial charge in [-0.25, -0.2) is 0 Å².